The number of hydrogen-bond acceptors (Lipinski definition) is 2. The van der Waals surface area contributed by atoms with Crippen molar-refractivity contribution < 1.29 is 9.59 Å². The summed E-state index contributed by atoms with van der Waals surface area (Å²) < 4.78 is 0. The van der Waals surface area contributed by atoms with Crippen molar-refractivity contribution in [2.75, 3.05) is 19.6 Å². The van der Waals surface area contributed by atoms with Gasteiger partial charge in [-0.1, -0.05) is 56.5 Å². The number of β-lactam (4-membered cyclic amide) rings is 1. The lowest BCUT2D eigenvalue weighted by atomic mass is 9.60. The predicted molar refractivity (Wildman–Crippen MR) is 98.1 cm³/mol. The molecular formula is C20H29N3O2. The van der Waals surface area contributed by atoms with E-state index in [0.717, 1.165) is 32.1 Å². The van der Waals surface area contributed by atoms with E-state index in [4.69, 9.17) is 0 Å². The fourth-order valence-corrected chi connectivity index (χ4v) is 4.38. The van der Waals surface area contributed by atoms with E-state index in [0.29, 0.717) is 19.6 Å². The van der Waals surface area contributed by atoms with Crippen LogP contribution in [-0.2, 0) is 4.79 Å². The van der Waals surface area contributed by atoms with E-state index in [1.807, 2.05) is 30.0 Å². The number of hydrogen-bond donors (Lipinski definition) is 2. The highest BCUT2D eigenvalue weighted by Gasteiger charge is 2.60. The molecule has 1 spiro atoms. The minimum absolute atomic E-state index is 0.154. The molecule has 0 aromatic heterocycles. The Labute approximate surface area is 150 Å². The topological polar surface area (TPSA) is 61.4 Å². The summed E-state index contributed by atoms with van der Waals surface area (Å²) in [5.41, 5.74) is 1.02. The first-order valence-corrected chi connectivity index (χ1v) is 9.57. The maximum absolute atomic E-state index is 13.0. The second kappa shape index (κ2) is 7.89. The van der Waals surface area contributed by atoms with Crippen LogP contribution in [0, 0.1) is 5.41 Å². The summed E-state index contributed by atoms with van der Waals surface area (Å²) in [4.78, 5) is 26.6. The number of carbonyl (C=O) groups is 2. The number of carbonyl (C=O) groups excluding carboxylic acids is 2. The molecule has 5 heteroatoms. The average molecular weight is 343 g/mol. The number of nitrogens with one attached hydrogen (secondary N) is 2. The van der Waals surface area contributed by atoms with E-state index in [9.17, 15) is 9.59 Å². The standard InChI is InChI=1S/C20H29N3O2/c1-2-13-21-19(25)22-14-15-23-17(16-9-5-3-6-10-16)20(18(23)24)11-7-4-8-12-20/h3,5-6,9-10,17H,2,4,7-8,11-15H2,1H3,(H2,21,22,25). The van der Waals surface area contributed by atoms with Crippen molar-refractivity contribution in [3.8, 4) is 0 Å². The van der Waals surface area contributed by atoms with Crippen molar-refractivity contribution in [2.24, 2.45) is 5.41 Å². The summed E-state index contributed by atoms with van der Waals surface area (Å²) in [6.45, 7) is 3.75. The minimum Gasteiger partial charge on any atom is -0.338 e. The molecule has 2 N–H and O–H groups in total. The minimum atomic E-state index is -0.204. The number of amides is 3. The number of likely N-dealkylation sites (tertiary alicyclic amines) is 1. The van der Waals surface area contributed by atoms with Crippen LogP contribution in [0.5, 0.6) is 0 Å². The largest absolute Gasteiger partial charge is 0.338 e. The molecule has 25 heavy (non-hydrogen) atoms. The van der Waals surface area contributed by atoms with Gasteiger partial charge in [-0.3, -0.25) is 4.79 Å². The van der Waals surface area contributed by atoms with Crippen molar-refractivity contribution >= 4 is 11.9 Å². The van der Waals surface area contributed by atoms with Gasteiger partial charge in [-0.25, -0.2) is 4.79 Å². The first-order valence-electron chi connectivity index (χ1n) is 9.57. The van der Waals surface area contributed by atoms with E-state index in [1.54, 1.807) is 0 Å². The van der Waals surface area contributed by atoms with Crippen LogP contribution in [0.15, 0.2) is 30.3 Å². The van der Waals surface area contributed by atoms with Gasteiger partial charge in [0, 0.05) is 19.6 Å². The summed E-state index contributed by atoms with van der Waals surface area (Å²) >= 11 is 0. The molecule has 3 amide bonds. The summed E-state index contributed by atoms with van der Waals surface area (Å²) in [7, 11) is 0. The van der Waals surface area contributed by atoms with Crippen LogP contribution in [0.25, 0.3) is 0 Å². The SMILES string of the molecule is CCCNC(=O)NCCN1C(=O)C2(CCCCC2)C1c1ccccc1. The summed E-state index contributed by atoms with van der Waals surface area (Å²) in [6, 6.07) is 10.4. The third-order valence-electron chi connectivity index (χ3n) is 5.56. The molecule has 1 aromatic carbocycles. The van der Waals surface area contributed by atoms with E-state index >= 15 is 0 Å². The first-order chi connectivity index (χ1) is 12.2. The van der Waals surface area contributed by atoms with Crippen molar-refractivity contribution in [1.82, 2.24) is 15.5 Å². The van der Waals surface area contributed by atoms with Crippen LogP contribution >= 0.6 is 0 Å². The Morgan fingerprint density at radius 2 is 1.80 bits per heavy atom. The Balaban J connectivity index is 1.66. The van der Waals surface area contributed by atoms with Gasteiger partial charge >= 0.3 is 6.03 Å². The molecule has 2 aliphatic rings. The highest BCUT2D eigenvalue weighted by Crippen LogP contribution is 2.57. The van der Waals surface area contributed by atoms with E-state index in [2.05, 4.69) is 22.8 Å². The van der Waals surface area contributed by atoms with Gasteiger partial charge in [-0.2, -0.15) is 0 Å². The highest BCUT2D eigenvalue weighted by molar-refractivity contribution is 5.91. The molecule has 1 aliphatic heterocycles. The molecule has 0 radical (unpaired) electrons. The molecule has 1 saturated carbocycles. The van der Waals surface area contributed by atoms with Crippen LogP contribution in [0.3, 0.4) is 0 Å². The van der Waals surface area contributed by atoms with Gasteiger partial charge in [-0.15, -0.1) is 0 Å². The third kappa shape index (κ3) is 3.51. The van der Waals surface area contributed by atoms with E-state index in [1.165, 1.54) is 12.0 Å². The molecule has 1 heterocycles. The van der Waals surface area contributed by atoms with Crippen molar-refractivity contribution in [2.45, 2.75) is 51.5 Å². The van der Waals surface area contributed by atoms with Gasteiger partial charge in [0.2, 0.25) is 5.91 Å². The Morgan fingerprint density at radius 1 is 1.12 bits per heavy atom. The molecule has 2 fully saturated rings. The van der Waals surface area contributed by atoms with Crippen molar-refractivity contribution in [3.63, 3.8) is 0 Å². The monoisotopic (exact) mass is 343 g/mol. The molecule has 1 unspecified atom stereocenters. The number of rotatable bonds is 6. The van der Waals surface area contributed by atoms with Crippen LogP contribution in [-0.4, -0.2) is 36.5 Å². The lowest BCUT2D eigenvalue weighted by molar-refractivity contribution is -0.178. The zero-order chi connectivity index (χ0) is 17.7. The van der Waals surface area contributed by atoms with Gasteiger partial charge in [0.1, 0.15) is 0 Å². The Bertz CT molecular complexity index is 596. The smallest absolute Gasteiger partial charge is 0.314 e. The first kappa shape index (κ1) is 17.8. The number of benzene rings is 1. The lowest BCUT2D eigenvalue weighted by Crippen LogP contribution is -2.65. The third-order valence-corrected chi connectivity index (χ3v) is 5.56. The fourth-order valence-electron chi connectivity index (χ4n) is 4.38. The molecule has 5 nitrogen and oxygen atoms in total. The van der Waals surface area contributed by atoms with Gasteiger partial charge in [-0.05, 0) is 24.8 Å². The van der Waals surface area contributed by atoms with E-state index < -0.39 is 0 Å². The van der Waals surface area contributed by atoms with Crippen LogP contribution in [0.1, 0.15) is 57.1 Å². The Morgan fingerprint density at radius 3 is 2.48 bits per heavy atom. The van der Waals surface area contributed by atoms with Crippen LogP contribution in [0.2, 0.25) is 0 Å². The van der Waals surface area contributed by atoms with E-state index in [-0.39, 0.29) is 23.4 Å². The molecular weight excluding hydrogens is 314 g/mol. The normalized spacial score (nSPS) is 21.7. The molecule has 1 atom stereocenters. The highest BCUT2D eigenvalue weighted by atomic mass is 16.2. The molecule has 1 aliphatic carbocycles. The zero-order valence-corrected chi connectivity index (χ0v) is 15.1. The maximum Gasteiger partial charge on any atom is 0.314 e. The summed E-state index contributed by atoms with van der Waals surface area (Å²) in [5.74, 6) is 0.275. The molecule has 3 rings (SSSR count). The fraction of sp³-hybridized carbons (Fsp3) is 0.600. The molecule has 136 valence electrons. The van der Waals surface area contributed by atoms with Crippen molar-refractivity contribution in [1.29, 1.82) is 0 Å². The maximum atomic E-state index is 13.0. The molecule has 1 saturated heterocycles. The average Bonchev–Trinajstić information content (AvgIpc) is 2.66. The van der Waals surface area contributed by atoms with Gasteiger partial charge in [0.05, 0.1) is 11.5 Å². The lowest BCUT2D eigenvalue weighted by Gasteiger charge is -2.58. The summed E-state index contributed by atoms with van der Waals surface area (Å²) in [5, 5.41) is 5.66. The molecule has 1 aromatic rings. The van der Waals surface area contributed by atoms with Crippen molar-refractivity contribution in [3.05, 3.63) is 35.9 Å². The second-order valence-corrected chi connectivity index (χ2v) is 7.21. The van der Waals surface area contributed by atoms with Gasteiger partial charge in [0.25, 0.3) is 0 Å². The van der Waals surface area contributed by atoms with Gasteiger partial charge in [0.15, 0.2) is 0 Å². The van der Waals surface area contributed by atoms with Gasteiger partial charge < -0.3 is 15.5 Å². The Kier molecular flexibility index (Phi) is 5.61. The number of urea groups is 1. The van der Waals surface area contributed by atoms with Crippen LogP contribution < -0.4 is 10.6 Å². The predicted octanol–water partition coefficient (Wildman–Crippen LogP) is 3.23. The Hall–Kier alpha value is -2.04. The zero-order valence-electron chi connectivity index (χ0n) is 15.1. The summed E-state index contributed by atoms with van der Waals surface area (Å²) in [6.07, 6.45) is 6.41. The number of nitrogens with zero attached hydrogens (tertiary/aromatic N) is 1. The second-order valence-electron chi connectivity index (χ2n) is 7.21. The molecule has 0 bridgehead atoms. The quantitative estimate of drug-likeness (QED) is 0.779. The van der Waals surface area contributed by atoms with Crippen LogP contribution in [0.4, 0.5) is 4.79 Å².